The number of hydrogen-bond donors (Lipinski definition) is 1. The number of fused-ring (bicyclic) bond motifs is 1. The highest BCUT2D eigenvalue weighted by Gasteiger charge is 2.41. The van der Waals surface area contributed by atoms with Crippen molar-refractivity contribution in [3.63, 3.8) is 0 Å². The van der Waals surface area contributed by atoms with Gasteiger partial charge in [-0.1, -0.05) is 0 Å². The van der Waals surface area contributed by atoms with Gasteiger partial charge in [-0.25, -0.2) is 9.18 Å². The number of thioether (sulfide) groups is 1. The molecule has 2 aliphatic heterocycles. The molecule has 0 spiro atoms. The second kappa shape index (κ2) is 5.61. The van der Waals surface area contributed by atoms with Crippen LogP contribution in [0.4, 0.5) is 4.39 Å². The summed E-state index contributed by atoms with van der Waals surface area (Å²) in [6.45, 7) is 0.509. The molecule has 22 heavy (non-hydrogen) atoms. The van der Waals surface area contributed by atoms with Crippen molar-refractivity contribution in [3.05, 3.63) is 57.9 Å². The number of carboxylic acid groups (broad SMARTS) is 1. The van der Waals surface area contributed by atoms with Crippen molar-refractivity contribution in [2.24, 2.45) is 0 Å². The van der Waals surface area contributed by atoms with E-state index in [9.17, 15) is 19.1 Å². The van der Waals surface area contributed by atoms with Gasteiger partial charge in [0.25, 0.3) is 0 Å². The summed E-state index contributed by atoms with van der Waals surface area (Å²) in [5, 5.41) is 9.24. The summed E-state index contributed by atoms with van der Waals surface area (Å²) in [7, 11) is 0. The van der Waals surface area contributed by atoms with Crippen molar-refractivity contribution >= 4 is 23.5 Å². The van der Waals surface area contributed by atoms with Gasteiger partial charge in [0.05, 0.1) is 5.57 Å². The van der Waals surface area contributed by atoms with E-state index in [1.807, 2.05) is 11.2 Å². The quantitative estimate of drug-likeness (QED) is 0.865. The highest BCUT2D eigenvalue weighted by molar-refractivity contribution is 8.02. The molecule has 4 nitrogen and oxygen atoms in total. The molecule has 1 unspecified atom stereocenters. The second-order valence-corrected chi connectivity index (χ2v) is 6.02. The molecule has 1 aromatic rings. The number of ketones is 1. The maximum Gasteiger partial charge on any atom is 0.333 e. The van der Waals surface area contributed by atoms with Crippen LogP contribution in [0.2, 0.25) is 0 Å². The van der Waals surface area contributed by atoms with Crippen molar-refractivity contribution in [3.8, 4) is 0 Å². The van der Waals surface area contributed by atoms with Crippen LogP contribution in [0.15, 0.2) is 46.5 Å². The number of carbonyl (C=O) groups excluding carboxylic acids is 1. The van der Waals surface area contributed by atoms with Crippen LogP contribution in [0.5, 0.6) is 0 Å². The largest absolute Gasteiger partial charge is 0.478 e. The van der Waals surface area contributed by atoms with Crippen LogP contribution in [0, 0.1) is 5.82 Å². The van der Waals surface area contributed by atoms with Gasteiger partial charge in [-0.3, -0.25) is 4.79 Å². The third-order valence-corrected chi connectivity index (χ3v) is 4.76. The second-order valence-electron chi connectivity index (χ2n) is 5.14. The fraction of sp³-hybridized carbons (Fsp3) is 0.250. The van der Waals surface area contributed by atoms with Gasteiger partial charge in [-0.2, -0.15) is 0 Å². The molecule has 0 fully saturated rings. The SMILES string of the molecule is CSC1=CC2=C(C(=O)O)CCN2C1C(=O)c1ccc(F)cc1. The number of rotatable bonds is 4. The molecule has 0 aliphatic carbocycles. The molecular formula is C16H14FNO3S. The predicted octanol–water partition coefficient (Wildman–Crippen LogP) is 2.68. The Kier molecular flexibility index (Phi) is 3.78. The van der Waals surface area contributed by atoms with Gasteiger partial charge in [-0.05, 0) is 43.0 Å². The molecule has 114 valence electrons. The van der Waals surface area contributed by atoms with Crippen LogP contribution in [-0.4, -0.2) is 40.6 Å². The minimum Gasteiger partial charge on any atom is -0.478 e. The fourth-order valence-electron chi connectivity index (χ4n) is 2.89. The van der Waals surface area contributed by atoms with E-state index >= 15 is 0 Å². The summed E-state index contributed by atoms with van der Waals surface area (Å²) in [5.41, 5.74) is 1.40. The Labute approximate surface area is 131 Å². The molecule has 0 saturated carbocycles. The Morgan fingerprint density at radius 3 is 2.59 bits per heavy atom. The number of allylic oxidation sites excluding steroid dienone is 1. The minimum absolute atomic E-state index is 0.137. The third kappa shape index (κ3) is 2.33. The van der Waals surface area contributed by atoms with Gasteiger partial charge in [0.15, 0.2) is 5.78 Å². The summed E-state index contributed by atoms with van der Waals surface area (Å²) in [6, 6.07) is 4.94. The lowest BCUT2D eigenvalue weighted by Crippen LogP contribution is -2.36. The molecule has 0 bridgehead atoms. The predicted molar refractivity (Wildman–Crippen MR) is 82.1 cm³/mol. The maximum absolute atomic E-state index is 13.0. The monoisotopic (exact) mass is 319 g/mol. The Balaban J connectivity index is 1.98. The molecule has 0 amide bonds. The molecule has 6 heteroatoms. The average molecular weight is 319 g/mol. The first kappa shape index (κ1) is 14.8. The van der Waals surface area contributed by atoms with Crippen molar-refractivity contribution in [2.75, 3.05) is 12.8 Å². The van der Waals surface area contributed by atoms with Crippen molar-refractivity contribution in [1.29, 1.82) is 0 Å². The van der Waals surface area contributed by atoms with E-state index in [0.29, 0.717) is 29.8 Å². The maximum atomic E-state index is 13.0. The van der Waals surface area contributed by atoms with E-state index in [2.05, 4.69) is 0 Å². The molecule has 1 atom stereocenters. The number of carbonyl (C=O) groups is 2. The van der Waals surface area contributed by atoms with E-state index in [1.165, 1.54) is 36.0 Å². The zero-order chi connectivity index (χ0) is 15.9. The van der Waals surface area contributed by atoms with Crippen molar-refractivity contribution in [1.82, 2.24) is 4.90 Å². The van der Waals surface area contributed by atoms with Gasteiger partial charge in [0, 0.05) is 22.7 Å². The number of nitrogens with zero attached hydrogens (tertiary/aromatic N) is 1. The van der Waals surface area contributed by atoms with Crippen LogP contribution in [0.25, 0.3) is 0 Å². The highest BCUT2D eigenvalue weighted by atomic mass is 32.2. The molecule has 2 aliphatic rings. The lowest BCUT2D eigenvalue weighted by atomic mass is 10.0. The molecule has 2 heterocycles. The smallest absolute Gasteiger partial charge is 0.333 e. The summed E-state index contributed by atoms with van der Waals surface area (Å²) in [4.78, 5) is 26.7. The average Bonchev–Trinajstić information content (AvgIpc) is 3.05. The lowest BCUT2D eigenvalue weighted by molar-refractivity contribution is -0.132. The van der Waals surface area contributed by atoms with Gasteiger partial charge in [-0.15, -0.1) is 11.8 Å². The lowest BCUT2D eigenvalue weighted by Gasteiger charge is -2.25. The normalized spacial score (nSPS) is 20.2. The Bertz CT molecular complexity index is 709. The number of carboxylic acids is 1. The van der Waals surface area contributed by atoms with E-state index < -0.39 is 17.8 Å². The topological polar surface area (TPSA) is 57.6 Å². The molecule has 0 radical (unpaired) electrons. The van der Waals surface area contributed by atoms with Crippen LogP contribution in [0.1, 0.15) is 16.8 Å². The van der Waals surface area contributed by atoms with Crippen molar-refractivity contribution in [2.45, 2.75) is 12.5 Å². The highest BCUT2D eigenvalue weighted by Crippen LogP contribution is 2.40. The molecule has 0 aromatic heterocycles. The summed E-state index contributed by atoms with van der Waals surface area (Å²) >= 11 is 1.43. The first-order valence-electron chi connectivity index (χ1n) is 6.81. The molecule has 0 saturated heterocycles. The van der Waals surface area contributed by atoms with Crippen LogP contribution in [0.3, 0.4) is 0 Å². The Morgan fingerprint density at radius 1 is 1.32 bits per heavy atom. The number of hydrogen-bond acceptors (Lipinski definition) is 4. The number of benzene rings is 1. The zero-order valence-electron chi connectivity index (χ0n) is 11.9. The summed E-state index contributed by atoms with van der Waals surface area (Å²) in [5.74, 6) is -1.47. The van der Waals surface area contributed by atoms with Crippen LogP contribution < -0.4 is 0 Å². The van der Waals surface area contributed by atoms with Crippen LogP contribution >= 0.6 is 11.8 Å². The van der Waals surface area contributed by atoms with E-state index in [4.69, 9.17) is 0 Å². The minimum atomic E-state index is -0.941. The first-order chi connectivity index (χ1) is 10.5. The van der Waals surface area contributed by atoms with Gasteiger partial charge in [0.2, 0.25) is 0 Å². The summed E-state index contributed by atoms with van der Waals surface area (Å²) in [6.07, 6.45) is 4.07. The fourth-order valence-corrected chi connectivity index (χ4v) is 3.58. The number of aliphatic carboxylic acids is 1. The first-order valence-corrected chi connectivity index (χ1v) is 8.04. The van der Waals surface area contributed by atoms with E-state index in [1.54, 1.807) is 6.08 Å². The van der Waals surface area contributed by atoms with Gasteiger partial charge < -0.3 is 10.0 Å². The van der Waals surface area contributed by atoms with Crippen LogP contribution in [-0.2, 0) is 4.79 Å². The van der Waals surface area contributed by atoms with E-state index in [-0.39, 0.29) is 5.78 Å². The summed E-state index contributed by atoms with van der Waals surface area (Å²) < 4.78 is 13.0. The molecule has 1 N–H and O–H groups in total. The molecular weight excluding hydrogens is 305 g/mol. The number of halogens is 1. The van der Waals surface area contributed by atoms with Crippen molar-refractivity contribution < 1.29 is 19.1 Å². The van der Waals surface area contributed by atoms with Gasteiger partial charge >= 0.3 is 5.97 Å². The van der Waals surface area contributed by atoms with E-state index in [0.717, 1.165) is 4.91 Å². The third-order valence-electron chi connectivity index (χ3n) is 3.95. The zero-order valence-corrected chi connectivity index (χ0v) is 12.7. The van der Waals surface area contributed by atoms with Gasteiger partial charge in [0.1, 0.15) is 11.9 Å². The molecule has 1 aromatic carbocycles. The number of Topliss-reactive ketones (excluding diaryl/α,β-unsaturated/α-hetero) is 1. The standard InChI is InChI=1S/C16H14FNO3S/c1-22-13-8-12-11(16(20)21)6-7-18(12)14(13)15(19)9-2-4-10(17)5-3-9/h2-5,8,14H,6-7H2,1H3,(H,20,21). The molecule has 3 rings (SSSR count). The Hall–Kier alpha value is -2.08. The Morgan fingerprint density at radius 2 is 2.00 bits per heavy atom.